The van der Waals surface area contributed by atoms with Crippen LogP contribution < -0.4 is 27.4 Å². The van der Waals surface area contributed by atoms with Gasteiger partial charge >= 0.3 is 5.69 Å². The van der Waals surface area contributed by atoms with Crippen molar-refractivity contribution in [3.8, 4) is 0 Å². The van der Waals surface area contributed by atoms with Gasteiger partial charge in [0.1, 0.15) is 11.6 Å². The number of aromatic nitrogens is 4. The highest BCUT2D eigenvalue weighted by Gasteiger charge is 2.28. The van der Waals surface area contributed by atoms with Crippen molar-refractivity contribution in [2.45, 2.75) is 32.9 Å². The molecular formula is C22H22N6O5. The lowest BCUT2D eigenvalue weighted by Crippen LogP contribution is -2.41. The number of benzene rings is 1. The highest BCUT2D eigenvalue weighted by molar-refractivity contribution is 6.12. The molecule has 170 valence electrons. The molecule has 3 aromatic heterocycles. The van der Waals surface area contributed by atoms with E-state index in [-0.39, 0.29) is 35.7 Å². The average molecular weight is 450 g/mol. The van der Waals surface area contributed by atoms with Crippen LogP contribution in [-0.2, 0) is 13.1 Å². The third-order valence-corrected chi connectivity index (χ3v) is 5.26. The topological polar surface area (TPSA) is 160 Å². The summed E-state index contributed by atoms with van der Waals surface area (Å²) in [6, 6.07) is 9.76. The van der Waals surface area contributed by atoms with Crippen molar-refractivity contribution in [2.24, 2.45) is 0 Å². The van der Waals surface area contributed by atoms with Crippen LogP contribution in [0, 0.1) is 0 Å². The van der Waals surface area contributed by atoms with Crippen LogP contribution in [0.1, 0.15) is 36.0 Å². The number of hydrogen-bond donors (Lipinski definition) is 3. The van der Waals surface area contributed by atoms with E-state index in [4.69, 9.17) is 10.2 Å². The third kappa shape index (κ3) is 4.07. The summed E-state index contributed by atoms with van der Waals surface area (Å²) in [5.41, 5.74) is 4.03. The molecule has 0 radical (unpaired) electrons. The van der Waals surface area contributed by atoms with Crippen molar-refractivity contribution in [1.82, 2.24) is 19.7 Å². The summed E-state index contributed by atoms with van der Waals surface area (Å²) in [7, 11) is 0. The number of nitrogen functional groups attached to an aromatic ring is 1. The minimum atomic E-state index is -0.820. The van der Waals surface area contributed by atoms with E-state index in [0.29, 0.717) is 17.6 Å². The molecule has 0 saturated heterocycles. The van der Waals surface area contributed by atoms with Crippen LogP contribution in [-0.4, -0.2) is 25.7 Å². The first-order valence-electron chi connectivity index (χ1n) is 10.4. The second-order valence-electron chi connectivity index (χ2n) is 7.42. The highest BCUT2D eigenvalue weighted by atomic mass is 16.3. The van der Waals surface area contributed by atoms with Crippen LogP contribution in [0.4, 0.5) is 11.5 Å². The molecule has 0 saturated carbocycles. The zero-order valence-corrected chi connectivity index (χ0v) is 17.8. The molecule has 0 spiro atoms. The van der Waals surface area contributed by atoms with Gasteiger partial charge in [0.2, 0.25) is 0 Å². The van der Waals surface area contributed by atoms with Crippen molar-refractivity contribution in [3.63, 3.8) is 0 Å². The quantitative estimate of drug-likeness (QED) is 0.385. The lowest BCUT2D eigenvalue weighted by Gasteiger charge is -2.23. The van der Waals surface area contributed by atoms with Gasteiger partial charge in [0.05, 0.1) is 18.2 Å². The van der Waals surface area contributed by atoms with Gasteiger partial charge in [-0.25, -0.2) is 9.89 Å². The molecule has 0 atom stereocenters. The molecule has 0 aliphatic carbocycles. The summed E-state index contributed by atoms with van der Waals surface area (Å²) in [5.74, 6) is -0.468. The number of unbranched alkanes of at least 4 members (excludes halogenated alkanes) is 1. The zero-order valence-electron chi connectivity index (χ0n) is 17.8. The molecule has 0 aliphatic rings. The summed E-state index contributed by atoms with van der Waals surface area (Å²) in [6.45, 7) is 2.07. The lowest BCUT2D eigenvalue weighted by atomic mass is 10.1. The predicted molar refractivity (Wildman–Crippen MR) is 122 cm³/mol. The van der Waals surface area contributed by atoms with Crippen LogP contribution in [0.5, 0.6) is 0 Å². The standard InChI is InChI=1S/C22H22N6O5/c1-2-3-10-27-18(23)17(20(30)24-22(27)32)28(12-13-7-6-11-33-13)21(31)16-14-8-4-5-9-15(14)19(29)26-25-16/h4-9,11H,2-3,10,12,23H2,1H3,(H,26,29)(H,24,30,32). The van der Waals surface area contributed by atoms with Gasteiger partial charge in [-0.05, 0) is 24.6 Å². The minimum Gasteiger partial charge on any atom is -0.467 e. The maximum Gasteiger partial charge on any atom is 0.330 e. The van der Waals surface area contributed by atoms with E-state index >= 15 is 0 Å². The Balaban J connectivity index is 1.92. The van der Waals surface area contributed by atoms with Gasteiger partial charge in [0, 0.05) is 11.9 Å². The molecule has 0 aliphatic heterocycles. The summed E-state index contributed by atoms with van der Waals surface area (Å²) >= 11 is 0. The first-order chi connectivity index (χ1) is 15.9. The number of carbonyl (C=O) groups excluding carboxylic acids is 1. The number of nitrogens with zero attached hydrogens (tertiary/aromatic N) is 3. The number of amides is 1. The molecule has 0 unspecified atom stereocenters. The Labute approximate surface area is 186 Å². The summed E-state index contributed by atoms with van der Waals surface area (Å²) in [4.78, 5) is 54.4. The van der Waals surface area contributed by atoms with Crippen molar-refractivity contribution in [1.29, 1.82) is 0 Å². The van der Waals surface area contributed by atoms with Crippen molar-refractivity contribution >= 4 is 28.2 Å². The number of nitrogens with two attached hydrogens (primary N) is 1. The Hall–Kier alpha value is -4.41. The number of anilines is 2. The van der Waals surface area contributed by atoms with E-state index in [9.17, 15) is 19.2 Å². The van der Waals surface area contributed by atoms with E-state index in [1.165, 1.54) is 10.8 Å². The number of H-pyrrole nitrogens is 2. The second-order valence-corrected chi connectivity index (χ2v) is 7.42. The summed E-state index contributed by atoms with van der Waals surface area (Å²) in [5, 5.41) is 6.85. The van der Waals surface area contributed by atoms with Crippen molar-refractivity contribution in [3.05, 3.63) is 85.3 Å². The van der Waals surface area contributed by atoms with E-state index in [1.807, 2.05) is 6.92 Å². The Morgan fingerprint density at radius 2 is 1.88 bits per heavy atom. The smallest absolute Gasteiger partial charge is 0.330 e. The van der Waals surface area contributed by atoms with Gasteiger partial charge in [0.25, 0.3) is 17.0 Å². The second kappa shape index (κ2) is 8.99. The Morgan fingerprint density at radius 3 is 2.58 bits per heavy atom. The maximum absolute atomic E-state index is 13.7. The molecule has 11 nitrogen and oxygen atoms in total. The number of furan rings is 1. The Morgan fingerprint density at radius 1 is 1.12 bits per heavy atom. The molecule has 4 N–H and O–H groups in total. The van der Waals surface area contributed by atoms with Crippen LogP contribution in [0.2, 0.25) is 0 Å². The van der Waals surface area contributed by atoms with Crippen molar-refractivity contribution in [2.75, 3.05) is 10.6 Å². The molecule has 1 amide bonds. The number of hydrogen-bond acceptors (Lipinski definition) is 7. The molecule has 11 heteroatoms. The van der Waals surface area contributed by atoms with E-state index in [1.54, 1.807) is 36.4 Å². The van der Waals surface area contributed by atoms with Crippen LogP contribution in [0.15, 0.2) is 61.5 Å². The normalized spacial score (nSPS) is 11.1. The summed E-state index contributed by atoms with van der Waals surface area (Å²) in [6.07, 6.45) is 2.87. The Bertz CT molecular complexity index is 1480. The third-order valence-electron chi connectivity index (χ3n) is 5.26. The van der Waals surface area contributed by atoms with E-state index in [0.717, 1.165) is 11.3 Å². The van der Waals surface area contributed by atoms with Gasteiger partial charge in [-0.15, -0.1) is 0 Å². The van der Waals surface area contributed by atoms with E-state index < -0.39 is 22.7 Å². The van der Waals surface area contributed by atoms with Crippen LogP contribution in [0.3, 0.4) is 0 Å². The van der Waals surface area contributed by atoms with Crippen molar-refractivity contribution < 1.29 is 9.21 Å². The number of nitrogens with one attached hydrogen (secondary N) is 2. The van der Waals surface area contributed by atoms with Gasteiger partial charge < -0.3 is 10.2 Å². The number of carbonyl (C=O) groups is 1. The molecule has 3 heterocycles. The number of rotatable bonds is 7. The first kappa shape index (κ1) is 21.8. The molecule has 0 fully saturated rings. The van der Waals surface area contributed by atoms with Crippen LogP contribution >= 0.6 is 0 Å². The van der Waals surface area contributed by atoms with E-state index in [2.05, 4.69) is 15.2 Å². The maximum atomic E-state index is 13.7. The minimum absolute atomic E-state index is 0.0816. The fraction of sp³-hybridized carbons (Fsp3) is 0.227. The molecule has 0 bridgehead atoms. The predicted octanol–water partition coefficient (Wildman–Crippen LogP) is 1.60. The number of fused-ring (bicyclic) bond motifs is 1. The molecule has 4 rings (SSSR count). The Kier molecular flexibility index (Phi) is 5.94. The molecule has 33 heavy (non-hydrogen) atoms. The SMILES string of the molecule is CCCCn1c(N)c(N(Cc2ccco2)C(=O)c2n[nH]c(=O)c3ccccc23)c(=O)[nH]c1=O. The molecular weight excluding hydrogens is 428 g/mol. The lowest BCUT2D eigenvalue weighted by molar-refractivity contribution is 0.0979. The average Bonchev–Trinajstić information content (AvgIpc) is 3.31. The monoisotopic (exact) mass is 450 g/mol. The van der Waals surface area contributed by atoms with Crippen LogP contribution in [0.25, 0.3) is 10.8 Å². The van der Waals surface area contributed by atoms with Gasteiger partial charge in [-0.3, -0.25) is 28.8 Å². The highest BCUT2D eigenvalue weighted by Crippen LogP contribution is 2.24. The molecule has 1 aromatic carbocycles. The largest absolute Gasteiger partial charge is 0.467 e. The fourth-order valence-corrected chi connectivity index (χ4v) is 3.59. The molecule has 4 aromatic rings. The summed E-state index contributed by atoms with van der Waals surface area (Å²) < 4.78 is 6.61. The fourth-order valence-electron chi connectivity index (χ4n) is 3.59. The van der Waals surface area contributed by atoms with Gasteiger partial charge in [0.15, 0.2) is 11.4 Å². The van der Waals surface area contributed by atoms with Gasteiger partial charge in [-0.1, -0.05) is 31.5 Å². The number of aromatic amines is 2. The van der Waals surface area contributed by atoms with Gasteiger partial charge in [-0.2, -0.15) is 5.10 Å². The zero-order chi connectivity index (χ0) is 23.5. The first-order valence-corrected chi connectivity index (χ1v) is 10.4.